The number of aromatic nitrogens is 3. The van der Waals surface area contributed by atoms with Crippen LogP contribution in [0.25, 0.3) is 22.4 Å². The lowest BCUT2D eigenvalue weighted by atomic mass is 9.99. The molecule has 0 spiro atoms. The predicted octanol–water partition coefficient (Wildman–Crippen LogP) is 5.72. The third kappa shape index (κ3) is 6.75. The molecule has 0 aliphatic carbocycles. The first kappa shape index (κ1) is 25.9. The molecule has 0 fully saturated rings. The third-order valence-corrected chi connectivity index (χ3v) is 5.99. The lowest BCUT2D eigenvalue weighted by Crippen LogP contribution is -2.28. The van der Waals surface area contributed by atoms with Crippen LogP contribution in [0.4, 0.5) is 13.2 Å². The highest BCUT2D eigenvalue weighted by molar-refractivity contribution is 5.96. The van der Waals surface area contributed by atoms with Crippen molar-refractivity contribution < 1.29 is 23.1 Å². The Morgan fingerprint density at radius 1 is 1.08 bits per heavy atom. The first-order valence-corrected chi connectivity index (χ1v) is 11.9. The van der Waals surface area contributed by atoms with Gasteiger partial charge in [-0.05, 0) is 72.9 Å². The number of aryl methyl sites for hydroxylation is 1. The number of para-hydroxylation sites is 1. The molecule has 2 aromatic carbocycles. The van der Waals surface area contributed by atoms with Crippen LogP contribution in [0.15, 0.2) is 73.1 Å². The van der Waals surface area contributed by atoms with E-state index in [-0.39, 0.29) is 23.1 Å². The van der Waals surface area contributed by atoms with Gasteiger partial charge in [0.15, 0.2) is 0 Å². The van der Waals surface area contributed by atoms with Crippen LogP contribution in [0.1, 0.15) is 29.4 Å². The number of aromatic hydroxyl groups is 1. The number of hydrogen-bond acceptors (Lipinski definition) is 4. The van der Waals surface area contributed by atoms with Gasteiger partial charge in [-0.25, -0.2) is 13.2 Å². The number of alkyl halides is 2. The zero-order valence-electron chi connectivity index (χ0n) is 20.2. The largest absolute Gasteiger partial charge is 0.507 e. The van der Waals surface area contributed by atoms with Crippen LogP contribution >= 0.6 is 0 Å². The minimum Gasteiger partial charge on any atom is -0.507 e. The van der Waals surface area contributed by atoms with Gasteiger partial charge in [-0.15, -0.1) is 0 Å². The Morgan fingerprint density at radius 3 is 2.57 bits per heavy atom. The summed E-state index contributed by atoms with van der Waals surface area (Å²) in [5, 5.41) is 17.0. The number of phenolic OH excluding ortho intramolecular Hbond substituents is 1. The molecule has 1 amide bonds. The molecule has 0 aliphatic heterocycles. The summed E-state index contributed by atoms with van der Waals surface area (Å²) in [5.41, 5.74) is 3.57. The van der Waals surface area contributed by atoms with Crippen molar-refractivity contribution in [1.29, 1.82) is 0 Å². The number of nitrogens with one attached hydrogen (secondary N) is 1. The lowest BCUT2D eigenvalue weighted by molar-refractivity contribution is 0.0944. The van der Waals surface area contributed by atoms with Gasteiger partial charge in [0, 0.05) is 35.8 Å². The van der Waals surface area contributed by atoms with Gasteiger partial charge in [0.05, 0.1) is 5.56 Å². The van der Waals surface area contributed by atoms with Crippen LogP contribution in [-0.2, 0) is 13.0 Å². The smallest absolute Gasteiger partial charge is 0.257 e. The van der Waals surface area contributed by atoms with Gasteiger partial charge in [0.2, 0.25) is 0 Å². The molecule has 192 valence electrons. The van der Waals surface area contributed by atoms with Crippen LogP contribution in [0.3, 0.4) is 0 Å². The molecule has 0 bridgehead atoms. The van der Waals surface area contributed by atoms with E-state index in [0.29, 0.717) is 29.8 Å². The maximum absolute atomic E-state index is 13.4. The topological polar surface area (TPSA) is 80.0 Å². The second kappa shape index (κ2) is 11.7. The second-order valence-corrected chi connectivity index (χ2v) is 8.92. The quantitative estimate of drug-likeness (QED) is 0.287. The standard InChI is InChI=1S/C28H27F3N4O2/c1-18(15-33-28(37)23-4-2-3-5-25(23)36)6-11-22-14-20(12-13-32-22)24-16-35(17-26(30)31)34-27(24)19-7-9-21(29)10-8-19/h2-5,7-10,12-14,16,18,26,36H,6,11,15,17H2,1H3,(H,33,37). The molecule has 6 nitrogen and oxygen atoms in total. The van der Waals surface area contributed by atoms with Crippen LogP contribution in [0, 0.1) is 11.7 Å². The number of rotatable bonds is 10. The Balaban J connectivity index is 1.45. The molecule has 1 atom stereocenters. The third-order valence-electron chi connectivity index (χ3n) is 5.99. The Bertz CT molecular complexity index is 1360. The number of hydrogen-bond donors (Lipinski definition) is 2. The lowest BCUT2D eigenvalue weighted by Gasteiger charge is -2.13. The van der Waals surface area contributed by atoms with Gasteiger partial charge in [-0.3, -0.25) is 14.5 Å². The van der Waals surface area contributed by atoms with Gasteiger partial charge < -0.3 is 10.4 Å². The minimum absolute atomic E-state index is 0.0643. The molecule has 37 heavy (non-hydrogen) atoms. The van der Waals surface area contributed by atoms with Crippen molar-refractivity contribution in [1.82, 2.24) is 20.1 Å². The van der Waals surface area contributed by atoms with E-state index in [1.165, 1.54) is 22.9 Å². The summed E-state index contributed by atoms with van der Waals surface area (Å²) in [6.45, 7) is 1.90. The van der Waals surface area contributed by atoms with Crippen molar-refractivity contribution in [3.8, 4) is 28.1 Å². The highest BCUT2D eigenvalue weighted by Gasteiger charge is 2.17. The summed E-state index contributed by atoms with van der Waals surface area (Å²) in [7, 11) is 0. The van der Waals surface area contributed by atoms with Crippen molar-refractivity contribution in [3.05, 3.63) is 90.1 Å². The fourth-order valence-electron chi connectivity index (χ4n) is 4.00. The molecule has 2 heterocycles. The number of nitrogens with zero attached hydrogens (tertiary/aromatic N) is 3. The van der Waals surface area contributed by atoms with Gasteiger partial charge in [0.25, 0.3) is 12.3 Å². The fourth-order valence-corrected chi connectivity index (χ4v) is 4.00. The van der Waals surface area contributed by atoms with Gasteiger partial charge in [-0.2, -0.15) is 5.10 Å². The summed E-state index contributed by atoms with van der Waals surface area (Å²) < 4.78 is 40.7. The molecule has 0 saturated heterocycles. The molecule has 0 radical (unpaired) electrons. The monoisotopic (exact) mass is 508 g/mol. The molecule has 0 saturated carbocycles. The van der Waals surface area contributed by atoms with E-state index in [1.807, 2.05) is 13.0 Å². The maximum Gasteiger partial charge on any atom is 0.257 e. The zero-order valence-corrected chi connectivity index (χ0v) is 20.2. The first-order valence-electron chi connectivity index (χ1n) is 11.9. The summed E-state index contributed by atoms with van der Waals surface area (Å²) in [5.74, 6) is -0.650. The van der Waals surface area contributed by atoms with E-state index >= 15 is 0 Å². The first-order chi connectivity index (χ1) is 17.8. The van der Waals surface area contributed by atoms with Gasteiger partial charge in [-0.1, -0.05) is 19.1 Å². The molecule has 2 N–H and O–H groups in total. The van der Waals surface area contributed by atoms with Crippen molar-refractivity contribution in [2.24, 2.45) is 5.92 Å². The molecule has 4 aromatic rings. The van der Waals surface area contributed by atoms with E-state index in [0.717, 1.165) is 17.7 Å². The zero-order chi connectivity index (χ0) is 26.4. The van der Waals surface area contributed by atoms with Crippen molar-refractivity contribution >= 4 is 5.91 Å². The highest BCUT2D eigenvalue weighted by Crippen LogP contribution is 2.32. The number of carbonyl (C=O) groups is 1. The number of halogens is 3. The normalized spacial score (nSPS) is 12.0. The van der Waals surface area contributed by atoms with E-state index < -0.39 is 18.8 Å². The van der Waals surface area contributed by atoms with Crippen molar-refractivity contribution in [3.63, 3.8) is 0 Å². The van der Waals surface area contributed by atoms with Crippen LogP contribution in [0.5, 0.6) is 5.75 Å². The highest BCUT2D eigenvalue weighted by atomic mass is 19.3. The average molecular weight is 509 g/mol. The molecule has 0 aliphatic rings. The summed E-state index contributed by atoms with van der Waals surface area (Å²) in [6.07, 6.45) is 2.05. The predicted molar refractivity (Wildman–Crippen MR) is 135 cm³/mol. The number of phenols is 1. The Kier molecular flexibility index (Phi) is 8.22. The number of benzene rings is 2. The number of amides is 1. The van der Waals surface area contributed by atoms with Crippen LogP contribution in [-0.4, -0.2) is 38.7 Å². The van der Waals surface area contributed by atoms with E-state index in [1.54, 1.807) is 48.8 Å². The molecule has 9 heteroatoms. The molecule has 4 rings (SSSR count). The molecular weight excluding hydrogens is 481 g/mol. The Labute approximate surface area is 212 Å². The molecule has 2 aromatic heterocycles. The van der Waals surface area contributed by atoms with E-state index in [4.69, 9.17) is 0 Å². The van der Waals surface area contributed by atoms with Crippen molar-refractivity contribution in [2.75, 3.05) is 6.54 Å². The SMILES string of the molecule is CC(CCc1cc(-c2cn(CC(F)F)nc2-c2ccc(F)cc2)ccn1)CNC(=O)c1ccccc1O. The average Bonchev–Trinajstić information content (AvgIpc) is 3.30. The van der Waals surface area contributed by atoms with E-state index in [9.17, 15) is 23.1 Å². The fraction of sp³-hybridized carbons (Fsp3) is 0.250. The number of carbonyl (C=O) groups excluding carboxylic acids is 1. The van der Waals surface area contributed by atoms with Gasteiger partial charge in [0.1, 0.15) is 23.8 Å². The molecular formula is C28H27F3N4O2. The minimum atomic E-state index is -2.56. The summed E-state index contributed by atoms with van der Waals surface area (Å²) >= 11 is 0. The second-order valence-electron chi connectivity index (χ2n) is 8.92. The molecule has 1 unspecified atom stereocenters. The maximum atomic E-state index is 13.4. The number of pyridine rings is 1. The Hall–Kier alpha value is -4.14. The van der Waals surface area contributed by atoms with E-state index in [2.05, 4.69) is 15.4 Å². The van der Waals surface area contributed by atoms with Gasteiger partial charge >= 0.3 is 0 Å². The summed E-state index contributed by atoms with van der Waals surface area (Å²) in [4.78, 5) is 16.8. The van der Waals surface area contributed by atoms with Crippen LogP contribution < -0.4 is 5.32 Å². The Morgan fingerprint density at radius 2 is 1.84 bits per heavy atom. The summed E-state index contributed by atoms with van der Waals surface area (Å²) in [6, 6.07) is 15.8. The van der Waals surface area contributed by atoms with Crippen molar-refractivity contribution in [2.45, 2.75) is 32.7 Å². The van der Waals surface area contributed by atoms with Crippen LogP contribution in [0.2, 0.25) is 0 Å².